The molecule has 0 aliphatic carbocycles. The number of carbonyl (C=O) groups is 1. The van der Waals surface area contributed by atoms with E-state index >= 15 is 0 Å². The second-order valence-corrected chi connectivity index (χ2v) is 5.91. The highest BCUT2D eigenvalue weighted by Crippen LogP contribution is 2.28. The molecule has 3 rings (SSSR count). The van der Waals surface area contributed by atoms with Crippen molar-refractivity contribution in [2.24, 2.45) is 5.92 Å². The zero-order chi connectivity index (χ0) is 15.5. The Bertz CT molecular complexity index is 684. The normalized spacial score (nSPS) is 21.5. The SMILES string of the molecule is COc1ccc(C(=O)NC2CCNCC2C)c2ccccc12. The van der Waals surface area contributed by atoms with Gasteiger partial charge in [0.25, 0.3) is 5.91 Å². The van der Waals surface area contributed by atoms with E-state index in [1.165, 1.54) is 0 Å². The number of methoxy groups -OCH3 is 1. The zero-order valence-electron chi connectivity index (χ0n) is 13.1. The summed E-state index contributed by atoms with van der Waals surface area (Å²) < 4.78 is 5.39. The lowest BCUT2D eigenvalue weighted by atomic mass is 9.94. The van der Waals surface area contributed by atoms with Gasteiger partial charge >= 0.3 is 0 Å². The van der Waals surface area contributed by atoms with Crippen LogP contribution in [0.5, 0.6) is 5.75 Å². The number of rotatable bonds is 3. The standard InChI is InChI=1S/C18H22N2O2/c1-12-11-19-10-9-16(12)20-18(21)15-7-8-17(22-2)14-6-4-3-5-13(14)15/h3-8,12,16,19H,9-11H2,1-2H3,(H,20,21). The molecule has 0 aromatic heterocycles. The first kappa shape index (κ1) is 14.9. The van der Waals surface area contributed by atoms with Crippen LogP contribution in [0, 0.1) is 5.92 Å². The summed E-state index contributed by atoms with van der Waals surface area (Å²) in [5.74, 6) is 1.24. The van der Waals surface area contributed by atoms with E-state index in [0.717, 1.165) is 36.0 Å². The molecule has 2 atom stereocenters. The van der Waals surface area contributed by atoms with E-state index in [4.69, 9.17) is 4.74 Å². The summed E-state index contributed by atoms with van der Waals surface area (Å²) in [6, 6.07) is 11.8. The third-order valence-corrected chi connectivity index (χ3v) is 4.45. The smallest absolute Gasteiger partial charge is 0.252 e. The molecule has 116 valence electrons. The second-order valence-electron chi connectivity index (χ2n) is 5.91. The predicted octanol–water partition coefficient (Wildman–Crippen LogP) is 2.58. The fourth-order valence-electron chi connectivity index (χ4n) is 3.12. The van der Waals surface area contributed by atoms with Crippen molar-refractivity contribution in [1.82, 2.24) is 10.6 Å². The molecular weight excluding hydrogens is 276 g/mol. The van der Waals surface area contributed by atoms with Crippen molar-refractivity contribution in [2.75, 3.05) is 20.2 Å². The van der Waals surface area contributed by atoms with Crippen molar-refractivity contribution in [3.63, 3.8) is 0 Å². The number of benzene rings is 2. The van der Waals surface area contributed by atoms with Gasteiger partial charge in [0.15, 0.2) is 0 Å². The zero-order valence-corrected chi connectivity index (χ0v) is 13.1. The molecule has 0 radical (unpaired) electrons. The molecule has 1 fully saturated rings. The van der Waals surface area contributed by atoms with Crippen LogP contribution < -0.4 is 15.4 Å². The van der Waals surface area contributed by atoms with E-state index in [9.17, 15) is 4.79 Å². The van der Waals surface area contributed by atoms with Crippen LogP contribution in [-0.4, -0.2) is 32.1 Å². The monoisotopic (exact) mass is 298 g/mol. The van der Waals surface area contributed by atoms with E-state index in [-0.39, 0.29) is 11.9 Å². The Labute approximate surface area is 130 Å². The summed E-state index contributed by atoms with van der Waals surface area (Å²) in [7, 11) is 1.65. The van der Waals surface area contributed by atoms with Crippen molar-refractivity contribution in [3.05, 3.63) is 42.0 Å². The molecule has 2 unspecified atom stereocenters. The molecule has 2 aromatic carbocycles. The summed E-state index contributed by atoms with van der Waals surface area (Å²) in [4.78, 5) is 12.7. The van der Waals surface area contributed by atoms with Gasteiger partial charge in [-0.1, -0.05) is 31.2 Å². The molecule has 22 heavy (non-hydrogen) atoms. The summed E-state index contributed by atoms with van der Waals surface area (Å²) in [5, 5.41) is 8.45. The number of nitrogens with one attached hydrogen (secondary N) is 2. The molecule has 2 N–H and O–H groups in total. The number of hydrogen-bond donors (Lipinski definition) is 2. The first-order chi connectivity index (χ1) is 10.7. The summed E-state index contributed by atoms with van der Waals surface area (Å²) in [6.07, 6.45) is 0.973. The second kappa shape index (κ2) is 6.36. The van der Waals surface area contributed by atoms with Gasteiger partial charge in [0.05, 0.1) is 7.11 Å². The fourth-order valence-corrected chi connectivity index (χ4v) is 3.12. The molecule has 0 bridgehead atoms. The Balaban J connectivity index is 1.91. The van der Waals surface area contributed by atoms with Crippen molar-refractivity contribution in [1.29, 1.82) is 0 Å². The van der Waals surface area contributed by atoms with E-state index in [2.05, 4.69) is 17.6 Å². The summed E-state index contributed by atoms with van der Waals surface area (Å²) >= 11 is 0. The molecule has 1 aliphatic heterocycles. The Morgan fingerprint density at radius 3 is 2.73 bits per heavy atom. The van der Waals surface area contributed by atoms with Crippen LogP contribution in [0.4, 0.5) is 0 Å². The maximum absolute atomic E-state index is 12.7. The molecule has 4 nitrogen and oxygen atoms in total. The maximum Gasteiger partial charge on any atom is 0.252 e. The number of hydrogen-bond acceptors (Lipinski definition) is 3. The molecular formula is C18H22N2O2. The lowest BCUT2D eigenvalue weighted by Crippen LogP contribution is -2.48. The molecule has 1 aliphatic rings. The van der Waals surface area contributed by atoms with Crippen LogP contribution in [0.25, 0.3) is 10.8 Å². The third-order valence-electron chi connectivity index (χ3n) is 4.45. The Morgan fingerprint density at radius 2 is 2.00 bits per heavy atom. The Morgan fingerprint density at radius 1 is 1.23 bits per heavy atom. The van der Waals surface area contributed by atoms with Crippen molar-refractivity contribution in [2.45, 2.75) is 19.4 Å². The molecule has 1 saturated heterocycles. The van der Waals surface area contributed by atoms with Crippen LogP contribution >= 0.6 is 0 Å². The largest absolute Gasteiger partial charge is 0.496 e. The highest BCUT2D eigenvalue weighted by Gasteiger charge is 2.23. The highest BCUT2D eigenvalue weighted by molar-refractivity contribution is 6.08. The molecule has 0 saturated carbocycles. The minimum atomic E-state index is -0.00222. The number of fused-ring (bicyclic) bond motifs is 1. The van der Waals surface area contributed by atoms with E-state index in [1.807, 2.05) is 36.4 Å². The lowest BCUT2D eigenvalue weighted by molar-refractivity contribution is 0.0916. The molecule has 2 aromatic rings. The first-order valence-electron chi connectivity index (χ1n) is 7.78. The minimum absolute atomic E-state index is 0.00222. The van der Waals surface area contributed by atoms with Crippen molar-refractivity contribution in [3.8, 4) is 5.75 Å². The van der Waals surface area contributed by atoms with Gasteiger partial charge in [0, 0.05) is 17.0 Å². The summed E-state index contributed by atoms with van der Waals surface area (Å²) in [6.45, 7) is 4.08. The number of ether oxygens (including phenoxy) is 1. The average Bonchev–Trinajstić information content (AvgIpc) is 2.56. The van der Waals surface area contributed by atoms with Crippen molar-refractivity contribution >= 4 is 16.7 Å². The van der Waals surface area contributed by atoms with Crippen LogP contribution in [0.3, 0.4) is 0 Å². The van der Waals surface area contributed by atoms with Gasteiger partial charge in [-0.3, -0.25) is 4.79 Å². The number of amides is 1. The van der Waals surface area contributed by atoms with Gasteiger partial charge in [0.2, 0.25) is 0 Å². The minimum Gasteiger partial charge on any atom is -0.496 e. The van der Waals surface area contributed by atoms with Gasteiger partial charge in [0.1, 0.15) is 5.75 Å². The summed E-state index contributed by atoms with van der Waals surface area (Å²) in [5.41, 5.74) is 0.710. The number of piperidine rings is 1. The Hall–Kier alpha value is -2.07. The molecule has 1 heterocycles. The first-order valence-corrected chi connectivity index (χ1v) is 7.78. The van der Waals surface area contributed by atoms with Crippen LogP contribution in [-0.2, 0) is 0 Å². The fraction of sp³-hybridized carbons (Fsp3) is 0.389. The van der Waals surface area contributed by atoms with E-state index in [0.29, 0.717) is 11.5 Å². The third kappa shape index (κ3) is 2.79. The van der Waals surface area contributed by atoms with Crippen molar-refractivity contribution < 1.29 is 9.53 Å². The highest BCUT2D eigenvalue weighted by atomic mass is 16.5. The van der Waals surface area contributed by atoms with Crippen LogP contribution in [0.1, 0.15) is 23.7 Å². The Kier molecular flexibility index (Phi) is 4.29. The van der Waals surface area contributed by atoms with E-state index < -0.39 is 0 Å². The van der Waals surface area contributed by atoms with Crippen LogP contribution in [0.15, 0.2) is 36.4 Å². The number of carbonyl (C=O) groups excluding carboxylic acids is 1. The average molecular weight is 298 g/mol. The maximum atomic E-state index is 12.7. The van der Waals surface area contributed by atoms with Gasteiger partial charge in [-0.05, 0) is 42.9 Å². The lowest BCUT2D eigenvalue weighted by Gasteiger charge is -2.30. The van der Waals surface area contributed by atoms with Gasteiger partial charge in [-0.25, -0.2) is 0 Å². The van der Waals surface area contributed by atoms with E-state index in [1.54, 1.807) is 7.11 Å². The van der Waals surface area contributed by atoms with Gasteiger partial charge in [-0.2, -0.15) is 0 Å². The molecule has 1 amide bonds. The molecule has 0 spiro atoms. The predicted molar refractivity (Wildman–Crippen MR) is 88.4 cm³/mol. The molecule has 4 heteroatoms. The van der Waals surface area contributed by atoms with Gasteiger partial charge < -0.3 is 15.4 Å². The topological polar surface area (TPSA) is 50.4 Å². The quantitative estimate of drug-likeness (QED) is 0.915. The van der Waals surface area contributed by atoms with Crippen LogP contribution in [0.2, 0.25) is 0 Å². The van der Waals surface area contributed by atoms with Gasteiger partial charge in [-0.15, -0.1) is 0 Å².